The second kappa shape index (κ2) is 10.1. The summed E-state index contributed by atoms with van der Waals surface area (Å²) in [6, 6.07) is -0.0236. The largest absolute Gasteiger partial charge is 0.465 e. The van der Waals surface area contributed by atoms with Crippen LogP contribution in [0.15, 0.2) is 0 Å². The molecule has 0 aromatic rings. The van der Waals surface area contributed by atoms with E-state index in [1.165, 1.54) is 0 Å². The van der Waals surface area contributed by atoms with Crippen molar-refractivity contribution in [3.05, 3.63) is 0 Å². The van der Waals surface area contributed by atoms with Crippen molar-refractivity contribution in [3.63, 3.8) is 0 Å². The molecule has 118 valence electrons. The van der Waals surface area contributed by atoms with Crippen molar-refractivity contribution in [3.8, 4) is 0 Å². The Bertz CT molecular complexity index is 265. The fourth-order valence-corrected chi connectivity index (χ4v) is 2.28. The van der Waals surface area contributed by atoms with Gasteiger partial charge in [0.25, 0.3) is 0 Å². The Morgan fingerprint density at radius 1 is 1.35 bits per heavy atom. The maximum absolute atomic E-state index is 11.8. The molecule has 1 N–H and O–H groups in total. The summed E-state index contributed by atoms with van der Waals surface area (Å²) in [5.41, 5.74) is 0. The first-order valence-electron chi connectivity index (χ1n) is 7.71. The normalized spacial score (nSPS) is 18.2. The van der Waals surface area contributed by atoms with Crippen molar-refractivity contribution in [2.45, 2.75) is 52.1 Å². The van der Waals surface area contributed by atoms with Gasteiger partial charge in [0, 0.05) is 32.5 Å². The molecule has 0 amide bonds. The van der Waals surface area contributed by atoms with E-state index in [4.69, 9.17) is 14.2 Å². The molecule has 0 aromatic carbocycles. The summed E-state index contributed by atoms with van der Waals surface area (Å²) in [4.78, 5) is 11.8. The molecule has 5 heteroatoms. The smallest absolute Gasteiger partial charge is 0.323 e. The quantitative estimate of drug-likeness (QED) is 0.517. The van der Waals surface area contributed by atoms with Gasteiger partial charge in [-0.15, -0.1) is 0 Å². The van der Waals surface area contributed by atoms with E-state index >= 15 is 0 Å². The van der Waals surface area contributed by atoms with Gasteiger partial charge in [-0.2, -0.15) is 0 Å². The molecular formula is C15H29NO4. The minimum Gasteiger partial charge on any atom is -0.465 e. The second-order valence-corrected chi connectivity index (χ2v) is 5.55. The van der Waals surface area contributed by atoms with E-state index in [9.17, 15) is 4.79 Å². The molecule has 0 radical (unpaired) electrons. The van der Waals surface area contributed by atoms with Crippen molar-refractivity contribution in [2.75, 3.05) is 33.0 Å². The van der Waals surface area contributed by atoms with Gasteiger partial charge >= 0.3 is 5.97 Å². The molecule has 1 aliphatic heterocycles. The number of nitrogens with one attached hydrogen (secondary N) is 1. The third kappa shape index (κ3) is 7.22. The van der Waals surface area contributed by atoms with Gasteiger partial charge in [0.05, 0.1) is 6.61 Å². The van der Waals surface area contributed by atoms with Crippen molar-refractivity contribution in [1.82, 2.24) is 5.32 Å². The number of carbonyl (C=O) groups is 1. The molecule has 1 atom stereocenters. The first-order valence-corrected chi connectivity index (χ1v) is 7.71. The Hall–Kier alpha value is -0.650. The Kier molecular flexibility index (Phi) is 8.82. The summed E-state index contributed by atoms with van der Waals surface area (Å²) in [5, 5.41) is 3.23. The molecule has 5 nitrogen and oxygen atoms in total. The van der Waals surface area contributed by atoms with Gasteiger partial charge in [0.15, 0.2) is 0 Å². The van der Waals surface area contributed by atoms with Crippen LogP contribution in [0, 0.1) is 5.92 Å². The molecule has 1 saturated heterocycles. The van der Waals surface area contributed by atoms with Crippen LogP contribution in [0.25, 0.3) is 0 Å². The fourth-order valence-electron chi connectivity index (χ4n) is 2.28. The van der Waals surface area contributed by atoms with Gasteiger partial charge in [-0.05, 0) is 32.1 Å². The average Bonchev–Trinajstić information content (AvgIpc) is 2.43. The van der Waals surface area contributed by atoms with Gasteiger partial charge in [-0.1, -0.05) is 13.8 Å². The Morgan fingerprint density at radius 3 is 2.65 bits per heavy atom. The topological polar surface area (TPSA) is 56.8 Å². The summed E-state index contributed by atoms with van der Waals surface area (Å²) in [7, 11) is 0. The number of carbonyl (C=O) groups excluding carboxylic acids is 1. The SMILES string of the molecule is CCOC(=O)C(CCOCC1CCOCC1)NC(C)C. The zero-order valence-electron chi connectivity index (χ0n) is 13.0. The van der Waals surface area contributed by atoms with E-state index in [2.05, 4.69) is 5.32 Å². The van der Waals surface area contributed by atoms with Crippen LogP contribution in [0.3, 0.4) is 0 Å². The van der Waals surface area contributed by atoms with E-state index in [1.807, 2.05) is 20.8 Å². The van der Waals surface area contributed by atoms with Crippen molar-refractivity contribution in [2.24, 2.45) is 5.92 Å². The maximum atomic E-state index is 11.8. The molecule has 1 fully saturated rings. The maximum Gasteiger partial charge on any atom is 0.323 e. The summed E-state index contributed by atoms with van der Waals surface area (Å²) >= 11 is 0. The molecule has 0 aromatic heterocycles. The van der Waals surface area contributed by atoms with Gasteiger partial charge in [0.2, 0.25) is 0 Å². The monoisotopic (exact) mass is 287 g/mol. The van der Waals surface area contributed by atoms with Crippen LogP contribution >= 0.6 is 0 Å². The predicted octanol–water partition coefficient (Wildman–Crippen LogP) is 1.75. The van der Waals surface area contributed by atoms with Crippen LogP contribution in [-0.4, -0.2) is 51.1 Å². The molecule has 0 saturated carbocycles. The van der Waals surface area contributed by atoms with E-state index in [-0.39, 0.29) is 18.1 Å². The van der Waals surface area contributed by atoms with Crippen LogP contribution < -0.4 is 5.32 Å². The van der Waals surface area contributed by atoms with Crippen LogP contribution in [0.4, 0.5) is 0 Å². The number of hydrogen-bond donors (Lipinski definition) is 1. The minimum atomic E-state index is -0.273. The highest BCUT2D eigenvalue weighted by atomic mass is 16.5. The van der Waals surface area contributed by atoms with Crippen LogP contribution in [-0.2, 0) is 19.0 Å². The molecular weight excluding hydrogens is 258 g/mol. The van der Waals surface area contributed by atoms with Crippen LogP contribution in [0.2, 0.25) is 0 Å². The number of ether oxygens (including phenoxy) is 3. The second-order valence-electron chi connectivity index (χ2n) is 5.55. The molecule has 1 unspecified atom stereocenters. The summed E-state index contributed by atoms with van der Waals surface area (Å²) < 4.78 is 16.1. The third-order valence-corrected chi connectivity index (χ3v) is 3.35. The summed E-state index contributed by atoms with van der Waals surface area (Å²) in [5.74, 6) is 0.415. The van der Waals surface area contributed by atoms with E-state index in [0.29, 0.717) is 25.6 Å². The zero-order chi connectivity index (χ0) is 14.8. The van der Waals surface area contributed by atoms with Crippen LogP contribution in [0.1, 0.15) is 40.0 Å². The molecule has 0 spiro atoms. The first-order chi connectivity index (χ1) is 9.63. The van der Waals surface area contributed by atoms with Crippen molar-refractivity contribution < 1.29 is 19.0 Å². The minimum absolute atomic E-state index is 0.184. The van der Waals surface area contributed by atoms with Crippen molar-refractivity contribution >= 4 is 5.97 Å². The lowest BCUT2D eigenvalue weighted by Gasteiger charge is -2.23. The number of esters is 1. The lowest BCUT2D eigenvalue weighted by atomic mass is 10.0. The lowest BCUT2D eigenvalue weighted by Crippen LogP contribution is -2.42. The van der Waals surface area contributed by atoms with Crippen LogP contribution in [0.5, 0.6) is 0 Å². The molecule has 0 bridgehead atoms. The van der Waals surface area contributed by atoms with E-state index < -0.39 is 0 Å². The molecule has 0 aliphatic carbocycles. The Labute approximate surface area is 122 Å². The highest BCUT2D eigenvalue weighted by molar-refractivity contribution is 5.75. The number of hydrogen-bond acceptors (Lipinski definition) is 5. The molecule has 1 rings (SSSR count). The highest BCUT2D eigenvalue weighted by Crippen LogP contribution is 2.14. The third-order valence-electron chi connectivity index (χ3n) is 3.35. The summed E-state index contributed by atoms with van der Waals surface area (Å²) in [6.07, 6.45) is 2.80. The highest BCUT2D eigenvalue weighted by Gasteiger charge is 2.20. The Balaban J connectivity index is 2.21. The standard InChI is InChI=1S/C15H29NO4/c1-4-20-15(17)14(16-12(2)3)7-10-19-11-13-5-8-18-9-6-13/h12-14,16H,4-11H2,1-3H3. The molecule has 20 heavy (non-hydrogen) atoms. The van der Waals surface area contributed by atoms with Gasteiger partial charge in [0.1, 0.15) is 6.04 Å². The van der Waals surface area contributed by atoms with E-state index in [0.717, 1.165) is 32.7 Å². The Morgan fingerprint density at radius 2 is 2.05 bits per heavy atom. The lowest BCUT2D eigenvalue weighted by molar-refractivity contribution is -0.146. The summed E-state index contributed by atoms with van der Waals surface area (Å²) in [6.45, 7) is 9.32. The first kappa shape index (κ1) is 17.4. The number of rotatable bonds is 9. The molecule has 1 aliphatic rings. The van der Waals surface area contributed by atoms with Gasteiger partial charge in [-0.25, -0.2) is 0 Å². The van der Waals surface area contributed by atoms with Gasteiger partial charge < -0.3 is 19.5 Å². The van der Waals surface area contributed by atoms with E-state index in [1.54, 1.807) is 0 Å². The predicted molar refractivity (Wildman–Crippen MR) is 77.7 cm³/mol. The molecule has 1 heterocycles. The fraction of sp³-hybridized carbons (Fsp3) is 0.933. The van der Waals surface area contributed by atoms with Crippen molar-refractivity contribution in [1.29, 1.82) is 0 Å². The zero-order valence-corrected chi connectivity index (χ0v) is 13.0. The van der Waals surface area contributed by atoms with Gasteiger partial charge in [-0.3, -0.25) is 4.79 Å². The average molecular weight is 287 g/mol.